The maximum absolute atomic E-state index is 15.0. The van der Waals surface area contributed by atoms with Gasteiger partial charge in [0.25, 0.3) is 5.69 Å². The van der Waals surface area contributed by atoms with Crippen molar-refractivity contribution < 1.29 is 23.6 Å². The van der Waals surface area contributed by atoms with Crippen LogP contribution in [0.25, 0.3) is 0 Å². The molecule has 0 spiro atoms. The largest absolute Gasteiger partial charge is 0.493 e. The highest BCUT2D eigenvalue weighted by Crippen LogP contribution is 2.36. The predicted octanol–water partition coefficient (Wildman–Crippen LogP) is 3.86. The van der Waals surface area contributed by atoms with Crippen LogP contribution in [0, 0.1) is 10.1 Å². The number of ether oxygens (including phenoxy) is 2. The Morgan fingerprint density at radius 1 is 1.39 bits per heavy atom. The zero-order valence-corrected chi connectivity index (χ0v) is 17.6. The summed E-state index contributed by atoms with van der Waals surface area (Å²) in [6, 6.07) is 2.69. The zero-order valence-electron chi connectivity index (χ0n) is 16.0. The Kier molecular flexibility index (Phi) is 5.81. The fourth-order valence-corrected chi connectivity index (χ4v) is 3.86. The summed E-state index contributed by atoms with van der Waals surface area (Å²) in [7, 11) is 0. The number of benzene rings is 1. The third kappa shape index (κ3) is 4.54. The number of hydrogen-bond donors (Lipinski definition) is 0. The molecule has 8 nitrogen and oxygen atoms in total. The first-order valence-corrected chi connectivity index (χ1v) is 9.82. The molecule has 2 aliphatic heterocycles. The smallest absolute Gasteiger partial charge is 0.410 e. The molecule has 28 heavy (non-hydrogen) atoms. The van der Waals surface area contributed by atoms with E-state index in [2.05, 4.69) is 15.9 Å². The fraction of sp³-hybridized carbons (Fsp3) is 0.611. The summed E-state index contributed by atoms with van der Waals surface area (Å²) in [5.74, 6) is 0.498. The molecule has 1 aromatic rings. The maximum Gasteiger partial charge on any atom is 0.410 e. The molecule has 0 aliphatic carbocycles. The SMILES string of the molecule is CC(C)(C)OC(=O)N1CC2CCOc3cc(Br)c([N+](=O)[O-])cc3CN2[C@@H](F)C1. The lowest BCUT2D eigenvalue weighted by Crippen LogP contribution is -2.59. The maximum atomic E-state index is 15.0. The minimum Gasteiger partial charge on any atom is -0.493 e. The minimum absolute atomic E-state index is 0.0951. The third-order valence-corrected chi connectivity index (χ3v) is 5.31. The predicted molar refractivity (Wildman–Crippen MR) is 103 cm³/mol. The van der Waals surface area contributed by atoms with Gasteiger partial charge in [0.15, 0.2) is 6.30 Å². The van der Waals surface area contributed by atoms with Crippen molar-refractivity contribution in [1.82, 2.24) is 9.80 Å². The average Bonchev–Trinajstić information content (AvgIpc) is 2.54. The molecule has 2 heterocycles. The number of nitro groups is 1. The van der Waals surface area contributed by atoms with Crippen LogP contribution in [-0.2, 0) is 11.3 Å². The first kappa shape index (κ1) is 20.8. The molecule has 1 saturated heterocycles. The van der Waals surface area contributed by atoms with Crippen LogP contribution in [0.3, 0.4) is 0 Å². The molecule has 2 atom stereocenters. The highest BCUT2D eigenvalue weighted by atomic mass is 79.9. The number of amides is 1. The van der Waals surface area contributed by atoms with Crippen LogP contribution < -0.4 is 4.74 Å². The Labute approximate surface area is 170 Å². The van der Waals surface area contributed by atoms with Gasteiger partial charge in [-0.25, -0.2) is 9.18 Å². The van der Waals surface area contributed by atoms with Crippen molar-refractivity contribution in [3.05, 3.63) is 32.3 Å². The molecule has 2 aliphatic rings. The minimum atomic E-state index is -1.40. The van der Waals surface area contributed by atoms with Gasteiger partial charge in [0.2, 0.25) is 0 Å². The molecule has 3 rings (SSSR count). The molecular formula is C18H23BrFN3O5. The van der Waals surface area contributed by atoms with E-state index in [0.29, 0.717) is 35.4 Å². The number of carbonyl (C=O) groups is 1. The normalized spacial score (nSPS) is 23.0. The van der Waals surface area contributed by atoms with Gasteiger partial charge < -0.3 is 14.4 Å². The van der Waals surface area contributed by atoms with Crippen molar-refractivity contribution in [1.29, 1.82) is 0 Å². The number of nitro benzene ring substituents is 1. The van der Waals surface area contributed by atoms with Gasteiger partial charge in [-0.3, -0.25) is 15.0 Å². The summed E-state index contributed by atoms with van der Waals surface area (Å²) in [5, 5.41) is 11.2. The molecular weight excluding hydrogens is 437 g/mol. The number of carbonyl (C=O) groups excluding carboxylic acids is 1. The number of hydrogen-bond acceptors (Lipinski definition) is 6. The van der Waals surface area contributed by atoms with Gasteiger partial charge in [-0.1, -0.05) is 0 Å². The number of halogens is 2. The summed E-state index contributed by atoms with van der Waals surface area (Å²) in [6.45, 7) is 5.97. The summed E-state index contributed by atoms with van der Waals surface area (Å²) in [6.07, 6.45) is -1.43. The van der Waals surface area contributed by atoms with Gasteiger partial charge in [-0.15, -0.1) is 0 Å². The van der Waals surface area contributed by atoms with Crippen LogP contribution in [0.2, 0.25) is 0 Å². The molecule has 1 aromatic carbocycles. The standard InChI is InChI=1S/C18H23BrFN3O5/c1-18(2,3)28-17(24)21-9-12-4-5-27-15-7-13(19)14(23(25)26)6-11(15)8-22(12)16(20)10-21/h6-7,12,16H,4-5,8-10H2,1-3H3/t12?,16-/m1/s1. The van der Waals surface area contributed by atoms with Crippen molar-refractivity contribution in [2.75, 3.05) is 19.7 Å². The van der Waals surface area contributed by atoms with Crippen LogP contribution in [0.1, 0.15) is 32.8 Å². The van der Waals surface area contributed by atoms with Crippen molar-refractivity contribution in [2.45, 2.75) is 51.7 Å². The van der Waals surface area contributed by atoms with Crippen LogP contribution in [0.4, 0.5) is 14.9 Å². The highest BCUT2D eigenvalue weighted by molar-refractivity contribution is 9.10. The second-order valence-corrected chi connectivity index (χ2v) is 8.81. The lowest BCUT2D eigenvalue weighted by Gasteiger charge is -2.44. The second kappa shape index (κ2) is 7.82. The molecule has 0 saturated carbocycles. The molecule has 0 radical (unpaired) electrons. The Balaban J connectivity index is 1.82. The lowest BCUT2D eigenvalue weighted by atomic mass is 10.0. The summed E-state index contributed by atoms with van der Waals surface area (Å²) in [4.78, 5) is 26.1. The first-order chi connectivity index (χ1) is 13.0. The molecule has 0 aromatic heterocycles. The van der Waals surface area contributed by atoms with Crippen molar-refractivity contribution in [3.63, 3.8) is 0 Å². The zero-order chi connectivity index (χ0) is 20.6. The van der Waals surface area contributed by atoms with Gasteiger partial charge in [0.05, 0.1) is 22.5 Å². The van der Waals surface area contributed by atoms with Gasteiger partial charge in [0, 0.05) is 36.8 Å². The quantitative estimate of drug-likeness (QED) is 0.360. The molecule has 1 unspecified atom stereocenters. The molecule has 1 amide bonds. The molecule has 0 bridgehead atoms. The first-order valence-electron chi connectivity index (χ1n) is 9.02. The highest BCUT2D eigenvalue weighted by Gasteiger charge is 2.39. The number of fused-ring (bicyclic) bond motifs is 2. The number of nitrogens with zero attached hydrogens (tertiary/aromatic N) is 3. The number of piperazine rings is 1. The van der Waals surface area contributed by atoms with Crippen LogP contribution in [-0.4, -0.2) is 58.5 Å². The van der Waals surface area contributed by atoms with E-state index in [9.17, 15) is 14.9 Å². The van der Waals surface area contributed by atoms with Crippen molar-refractivity contribution in [2.24, 2.45) is 0 Å². The van der Waals surface area contributed by atoms with E-state index in [1.165, 1.54) is 11.0 Å². The Bertz CT molecular complexity index is 785. The molecule has 10 heteroatoms. The lowest BCUT2D eigenvalue weighted by molar-refractivity contribution is -0.385. The van der Waals surface area contributed by atoms with Crippen LogP contribution >= 0.6 is 15.9 Å². The fourth-order valence-electron chi connectivity index (χ4n) is 3.40. The summed E-state index contributed by atoms with van der Waals surface area (Å²) < 4.78 is 26.5. The summed E-state index contributed by atoms with van der Waals surface area (Å²) >= 11 is 3.18. The van der Waals surface area contributed by atoms with E-state index >= 15 is 4.39 Å². The number of alkyl halides is 1. The van der Waals surface area contributed by atoms with Crippen molar-refractivity contribution in [3.8, 4) is 5.75 Å². The average molecular weight is 460 g/mol. The van der Waals surface area contributed by atoms with Gasteiger partial charge in [-0.2, -0.15) is 0 Å². The Hall–Kier alpha value is -1.94. The van der Waals surface area contributed by atoms with Crippen LogP contribution in [0.15, 0.2) is 16.6 Å². The van der Waals surface area contributed by atoms with E-state index in [-0.39, 0.29) is 24.8 Å². The monoisotopic (exact) mass is 459 g/mol. The Morgan fingerprint density at radius 3 is 2.75 bits per heavy atom. The summed E-state index contributed by atoms with van der Waals surface area (Å²) in [5.41, 5.74) is -0.203. The molecule has 1 fully saturated rings. The topological polar surface area (TPSA) is 85.1 Å². The van der Waals surface area contributed by atoms with E-state index < -0.39 is 22.9 Å². The number of rotatable bonds is 1. The van der Waals surface area contributed by atoms with Gasteiger partial charge in [0.1, 0.15) is 11.4 Å². The van der Waals surface area contributed by atoms with E-state index in [4.69, 9.17) is 9.47 Å². The third-order valence-electron chi connectivity index (χ3n) is 4.67. The van der Waals surface area contributed by atoms with E-state index in [1.807, 2.05) is 0 Å². The second-order valence-electron chi connectivity index (χ2n) is 7.95. The van der Waals surface area contributed by atoms with Gasteiger partial charge in [-0.05, 0) is 43.1 Å². The van der Waals surface area contributed by atoms with Gasteiger partial charge >= 0.3 is 6.09 Å². The van der Waals surface area contributed by atoms with Crippen molar-refractivity contribution >= 4 is 27.7 Å². The van der Waals surface area contributed by atoms with E-state index in [1.54, 1.807) is 31.7 Å². The van der Waals surface area contributed by atoms with E-state index in [0.717, 1.165) is 0 Å². The Morgan fingerprint density at radius 2 is 2.11 bits per heavy atom. The van der Waals surface area contributed by atoms with Crippen LogP contribution in [0.5, 0.6) is 5.75 Å². The molecule has 0 N–H and O–H groups in total. The molecule has 154 valence electrons.